The van der Waals surface area contributed by atoms with Gasteiger partial charge in [-0.15, -0.1) is 0 Å². The number of ether oxygens (including phenoxy) is 2. The summed E-state index contributed by atoms with van der Waals surface area (Å²) in [7, 11) is 4.90. The number of aryl methyl sites for hydroxylation is 1. The molecule has 13 nitrogen and oxygen atoms in total. The van der Waals surface area contributed by atoms with Gasteiger partial charge in [0.25, 0.3) is 5.91 Å². The number of esters is 1. The minimum Gasteiger partial charge on any atom is -0.496 e. The Morgan fingerprint density at radius 2 is 1.83 bits per heavy atom. The molecule has 4 bridgehead atoms. The maximum Gasteiger partial charge on any atom is 0.322 e. The standard InChI is InChI=1S/C47H65N5O8/c1-7-44(57)24-30-25-46(43(56)60-6,40-33(16-20-51(27-30)28-44)32-14-9-10-15-35(32)49-40)34-21-31-13-11-18-52-19-12-17-45(8-2)38(52)23-39(50(4)36(31)22-37(34)59-5)47(58,41(45)54)42(55)48-26-29(3)53/h9-10,12,14-15,17,21-22,29-30,38-39,41,49,53-54,57-58H,7-8,11,13,16,18-20,23-28H2,1-6H3,(H,48,55)/t29-,30-,38?,39?,41-,44?,45-,46+,47+/m1/s1. The number of benzene rings is 2. The summed E-state index contributed by atoms with van der Waals surface area (Å²) < 4.78 is 12.2. The van der Waals surface area contributed by atoms with Crippen LogP contribution >= 0.6 is 0 Å². The zero-order valence-electron chi connectivity index (χ0n) is 36.2. The first-order chi connectivity index (χ1) is 28.7. The molecule has 10 atom stereocenters. The lowest BCUT2D eigenvalue weighted by Crippen LogP contribution is -2.77. The summed E-state index contributed by atoms with van der Waals surface area (Å²) in [5.74, 6) is -0.766. The van der Waals surface area contributed by atoms with Crippen LogP contribution in [0.4, 0.5) is 5.69 Å². The highest BCUT2D eigenvalue weighted by Crippen LogP contribution is 2.54. The van der Waals surface area contributed by atoms with Gasteiger partial charge in [0.15, 0.2) is 5.60 Å². The number of anilines is 1. The Morgan fingerprint density at radius 1 is 1.05 bits per heavy atom. The van der Waals surface area contributed by atoms with Gasteiger partial charge in [-0.3, -0.25) is 19.4 Å². The quantitative estimate of drug-likeness (QED) is 0.145. The summed E-state index contributed by atoms with van der Waals surface area (Å²) >= 11 is 0. The van der Waals surface area contributed by atoms with Crippen molar-refractivity contribution >= 4 is 28.5 Å². The number of carbonyl (C=O) groups is 2. The Hall–Kier alpha value is -3.98. The number of hydrogen-bond donors (Lipinski definition) is 6. The third-order valence-corrected chi connectivity index (χ3v) is 15.3. The second-order valence-corrected chi connectivity index (χ2v) is 18.6. The summed E-state index contributed by atoms with van der Waals surface area (Å²) in [4.78, 5) is 39.9. The predicted octanol–water partition coefficient (Wildman–Crippen LogP) is 3.43. The van der Waals surface area contributed by atoms with Crippen LogP contribution in [0.1, 0.15) is 81.7 Å². The van der Waals surface area contributed by atoms with Crippen molar-refractivity contribution in [3.63, 3.8) is 0 Å². The summed E-state index contributed by atoms with van der Waals surface area (Å²) in [6.45, 7) is 8.93. The number of hydrogen-bond acceptors (Lipinski definition) is 11. The number of H-pyrrole nitrogens is 1. The van der Waals surface area contributed by atoms with Crippen LogP contribution in [0.3, 0.4) is 0 Å². The molecule has 3 unspecified atom stereocenters. The van der Waals surface area contributed by atoms with E-state index in [1.807, 2.05) is 62.2 Å². The molecule has 3 aromatic rings. The Balaban J connectivity index is 1.35. The van der Waals surface area contributed by atoms with Crippen molar-refractivity contribution in [2.75, 3.05) is 65.4 Å². The summed E-state index contributed by atoms with van der Waals surface area (Å²) in [5, 5.41) is 51.2. The molecule has 5 aliphatic rings. The van der Waals surface area contributed by atoms with Gasteiger partial charge in [-0.25, -0.2) is 0 Å². The lowest BCUT2D eigenvalue weighted by atomic mass is 9.57. The van der Waals surface area contributed by atoms with E-state index in [0.29, 0.717) is 69.3 Å². The molecule has 2 aromatic carbocycles. The van der Waals surface area contributed by atoms with Gasteiger partial charge < -0.3 is 45.1 Å². The number of nitrogens with zero attached hydrogens (tertiary/aromatic N) is 3. The van der Waals surface area contributed by atoms with Crippen LogP contribution in [-0.2, 0) is 32.6 Å². The van der Waals surface area contributed by atoms with E-state index in [9.17, 15) is 25.2 Å². The molecule has 60 heavy (non-hydrogen) atoms. The van der Waals surface area contributed by atoms with Crippen LogP contribution in [0.25, 0.3) is 10.9 Å². The lowest BCUT2D eigenvalue weighted by Gasteiger charge is -2.61. The average molecular weight is 828 g/mol. The molecule has 1 aliphatic carbocycles. The highest BCUT2D eigenvalue weighted by molar-refractivity contribution is 5.94. The number of piperidine rings is 1. The van der Waals surface area contributed by atoms with Crippen molar-refractivity contribution in [1.82, 2.24) is 20.1 Å². The minimum atomic E-state index is -2.26. The monoisotopic (exact) mass is 827 g/mol. The van der Waals surface area contributed by atoms with E-state index in [4.69, 9.17) is 9.47 Å². The Labute approximate surface area is 353 Å². The molecule has 1 amide bonds. The van der Waals surface area contributed by atoms with Gasteiger partial charge >= 0.3 is 5.97 Å². The molecule has 1 aromatic heterocycles. The molecular formula is C47H65N5O8. The number of methoxy groups -OCH3 is 2. The van der Waals surface area contributed by atoms with Crippen LogP contribution in [0, 0.1) is 11.3 Å². The minimum absolute atomic E-state index is 0.0666. The van der Waals surface area contributed by atoms with Crippen LogP contribution in [0.5, 0.6) is 5.75 Å². The fourth-order valence-corrected chi connectivity index (χ4v) is 12.2. The van der Waals surface area contributed by atoms with Gasteiger partial charge in [0, 0.05) is 85.1 Å². The highest BCUT2D eigenvalue weighted by Gasteiger charge is 2.66. The average Bonchev–Trinajstić information content (AvgIpc) is 3.64. The number of para-hydroxylation sites is 1. The van der Waals surface area contributed by atoms with Crippen molar-refractivity contribution < 1.29 is 39.5 Å². The van der Waals surface area contributed by atoms with Crippen molar-refractivity contribution in [3.05, 3.63) is 70.9 Å². The zero-order valence-corrected chi connectivity index (χ0v) is 36.2. The molecule has 6 N–H and O–H groups in total. The van der Waals surface area contributed by atoms with Crippen molar-refractivity contribution in [2.24, 2.45) is 11.3 Å². The largest absolute Gasteiger partial charge is 0.496 e. The summed E-state index contributed by atoms with van der Waals surface area (Å²) in [6, 6.07) is 11.1. The SMILES string of the molecule is CCC1(O)C[C@H]2C[N@](CCc3c([nH]c4ccccc34)[C@@](C(=O)OC)(c3cc4c(cc3OC)N(C)C3CC5N(CC=C[C@@]5(CC)[C@@H](O)[C@]3(O)C(=O)NC[C@@H](C)O)CCC4)C2)C1. The fraction of sp³-hybridized carbons (Fsp3) is 0.617. The Morgan fingerprint density at radius 3 is 2.55 bits per heavy atom. The first-order valence-electron chi connectivity index (χ1n) is 22.1. The topological polar surface area (TPSA) is 171 Å². The number of aliphatic hydroxyl groups is 4. The smallest absolute Gasteiger partial charge is 0.322 e. The van der Waals surface area contributed by atoms with Gasteiger partial charge in [-0.05, 0) is 94.0 Å². The second-order valence-electron chi connectivity index (χ2n) is 18.6. The van der Waals surface area contributed by atoms with Crippen molar-refractivity contribution in [1.29, 1.82) is 0 Å². The van der Waals surface area contributed by atoms with Crippen LogP contribution in [0.2, 0.25) is 0 Å². The third-order valence-electron chi connectivity index (χ3n) is 15.3. The highest BCUT2D eigenvalue weighted by atomic mass is 16.5. The van der Waals surface area contributed by atoms with Gasteiger partial charge in [-0.2, -0.15) is 0 Å². The van der Waals surface area contributed by atoms with Gasteiger partial charge in [-0.1, -0.05) is 44.2 Å². The number of aromatic nitrogens is 1. The fourth-order valence-electron chi connectivity index (χ4n) is 12.2. The summed E-state index contributed by atoms with van der Waals surface area (Å²) in [5.41, 5.74) is -0.385. The van der Waals surface area contributed by atoms with E-state index >= 15 is 4.79 Å². The van der Waals surface area contributed by atoms with Gasteiger partial charge in [0.1, 0.15) is 17.3 Å². The number of aromatic amines is 1. The number of carbonyl (C=O) groups excluding carboxylic acids is 2. The van der Waals surface area contributed by atoms with E-state index in [2.05, 4.69) is 32.2 Å². The molecule has 4 aliphatic heterocycles. The second kappa shape index (κ2) is 16.0. The van der Waals surface area contributed by atoms with E-state index in [0.717, 1.165) is 59.5 Å². The number of nitrogens with one attached hydrogen (secondary N) is 2. The first-order valence-corrected chi connectivity index (χ1v) is 22.1. The maximum absolute atomic E-state index is 15.1. The molecule has 0 radical (unpaired) electrons. The number of fused-ring (bicyclic) bond motifs is 7. The Bertz CT molecular complexity index is 2140. The molecular weight excluding hydrogens is 763 g/mol. The van der Waals surface area contributed by atoms with Crippen LogP contribution < -0.4 is 15.0 Å². The van der Waals surface area contributed by atoms with E-state index in [1.54, 1.807) is 14.0 Å². The molecule has 326 valence electrons. The molecule has 0 spiro atoms. The molecule has 8 rings (SSSR count). The number of aliphatic hydroxyl groups excluding tert-OH is 2. The van der Waals surface area contributed by atoms with Crippen LogP contribution in [-0.4, -0.2) is 143 Å². The predicted molar refractivity (Wildman–Crippen MR) is 230 cm³/mol. The molecule has 5 heterocycles. The van der Waals surface area contributed by atoms with Crippen molar-refractivity contribution in [2.45, 2.75) is 113 Å². The first kappa shape index (κ1) is 42.7. The summed E-state index contributed by atoms with van der Waals surface area (Å²) in [6.07, 6.45) is 6.19. The molecule has 1 saturated heterocycles. The normalized spacial score (nSPS) is 34.6. The zero-order chi connectivity index (χ0) is 42.8. The maximum atomic E-state index is 15.1. The molecule has 1 saturated carbocycles. The van der Waals surface area contributed by atoms with Crippen LogP contribution in [0.15, 0.2) is 48.6 Å². The van der Waals surface area contributed by atoms with Crippen molar-refractivity contribution in [3.8, 4) is 5.75 Å². The van der Waals surface area contributed by atoms with E-state index < -0.39 is 52.2 Å². The number of likely N-dealkylation sites (N-methyl/N-ethyl adjacent to an activating group) is 1. The van der Waals surface area contributed by atoms with E-state index in [-0.39, 0.29) is 18.5 Å². The molecule has 2 fully saturated rings. The van der Waals surface area contributed by atoms with E-state index in [1.165, 1.54) is 7.11 Å². The third kappa shape index (κ3) is 6.66. The lowest BCUT2D eigenvalue weighted by molar-refractivity contribution is -0.195. The molecule has 13 heteroatoms. The number of rotatable bonds is 8. The Kier molecular flexibility index (Phi) is 11.4. The van der Waals surface area contributed by atoms with Gasteiger partial charge in [0.2, 0.25) is 0 Å². The van der Waals surface area contributed by atoms with Gasteiger partial charge in [0.05, 0.1) is 32.0 Å². The number of amides is 1.